The molecule has 0 aliphatic heterocycles. The number of ether oxygens (including phenoxy) is 2. The monoisotopic (exact) mass is 187 g/mol. The molecule has 0 bridgehead atoms. The van der Waals surface area contributed by atoms with E-state index < -0.39 is 0 Å². The standard InChI is InChI=1S/C9H17NO3/c1-12-7-3-9(4-7,6-10)5-8(11)13-2/h7H,3-6,10H2,1-2H3. The average molecular weight is 187 g/mol. The Hall–Kier alpha value is -0.610. The number of carbonyl (C=O) groups is 1. The molecule has 0 atom stereocenters. The van der Waals surface area contributed by atoms with Crippen LogP contribution in [0.3, 0.4) is 0 Å². The Balaban J connectivity index is 2.41. The lowest BCUT2D eigenvalue weighted by Crippen LogP contribution is -2.48. The van der Waals surface area contributed by atoms with Crippen molar-refractivity contribution in [3.8, 4) is 0 Å². The SMILES string of the molecule is COC(=O)CC1(CN)CC(OC)C1. The number of hydrogen-bond acceptors (Lipinski definition) is 4. The first-order valence-corrected chi connectivity index (χ1v) is 4.45. The van der Waals surface area contributed by atoms with Gasteiger partial charge in [-0.05, 0) is 24.8 Å². The minimum atomic E-state index is -0.181. The molecule has 4 heteroatoms. The van der Waals surface area contributed by atoms with Crippen molar-refractivity contribution >= 4 is 5.97 Å². The van der Waals surface area contributed by atoms with Crippen LogP contribution in [-0.4, -0.2) is 32.8 Å². The van der Waals surface area contributed by atoms with Crippen LogP contribution in [0.15, 0.2) is 0 Å². The molecule has 13 heavy (non-hydrogen) atoms. The first kappa shape index (κ1) is 10.5. The van der Waals surface area contributed by atoms with E-state index in [2.05, 4.69) is 4.74 Å². The van der Waals surface area contributed by atoms with Crippen LogP contribution in [0.25, 0.3) is 0 Å². The number of carbonyl (C=O) groups excluding carboxylic acids is 1. The molecule has 0 spiro atoms. The van der Waals surface area contributed by atoms with E-state index in [0.717, 1.165) is 12.8 Å². The number of methoxy groups -OCH3 is 2. The maximum atomic E-state index is 11.1. The second-order valence-electron chi connectivity index (χ2n) is 3.72. The summed E-state index contributed by atoms with van der Waals surface area (Å²) in [6, 6.07) is 0. The summed E-state index contributed by atoms with van der Waals surface area (Å²) < 4.78 is 9.77. The van der Waals surface area contributed by atoms with Gasteiger partial charge in [-0.15, -0.1) is 0 Å². The molecule has 0 aromatic rings. The second-order valence-corrected chi connectivity index (χ2v) is 3.72. The number of nitrogens with two attached hydrogens (primary N) is 1. The quantitative estimate of drug-likeness (QED) is 0.643. The highest BCUT2D eigenvalue weighted by Gasteiger charge is 2.45. The Morgan fingerprint density at radius 1 is 1.54 bits per heavy atom. The molecular formula is C9H17NO3. The number of esters is 1. The summed E-state index contributed by atoms with van der Waals surface area (Å²) in [7, 11) is 3.09. The predicted octanol–water partition coefficient (Wildman–Crippen LogP) is 0.303. The third-order valence-corrected chi connectivity index (χ3v) is 2.83. The van der Waals surface area contributed by atoms with Crippen LogP contribution in [0.1, 0.15) is 19.3 Å². The van der Waals surface area contributed by atoms with Gasteiger partial charge >= 0.3 is 5.97 Å². The lowest BCUT2D eigenvalue weighted by molar-refractivity contribution is -0.148. The van der Waals surface area contributed by atoms with Gasteiger partial charge in [-0.25, -0.2) is 0 Å². The van der Waals surface area contributed by atoms with Crippen LogP contribution < -0.4 is 5.73 Å². The fraction of sp³-hybridized carbons (Fsp3) is 0.889. The summed E-state index contributed by atoms with van der Waals surface area (Å²) in [6.45, 7) is 0.530. The van der Waals surface area contributed by atoms with Gasteiger partial charge in [0.05, 0.1) is 19.6 Å². The second kappa shape index (κ2) is 4.07. The van der Waals surface area contributed by atoms with E-state index in [9.17, 15) is 4.79 Å². The van der Waals surface area contributed by atoms with Crippen molar-refractivity contribution < 1.29 is 14.3 Å². The topological polar surface area (TPSA) is 61.5 Å². The van der Waals surface area contributed by atoms with Gasteiger partial charge in [0.15, 0.2) is 0 Å². The molecule has 1 fully saturated rings. The van der Waals surface area contributed by atoms with Crippen molar-refractivity contribution in [1.29, 1.82) is 0 Å². The van der Waals surface area contributed by atoms with E-state index >= 15 is 0 Å². The molecule has 0 saturated heterocycles. The van der Waals surface area contributed by atoms with Gasteiger partial charge in [-0.2, -0.15) is 0 Å². The maximum Gasteiger partial charge on any atom is 0.306 e. The van der Waals surface area contributed by atoms with Gasteiger partial charge < -0.3 is 15.2 Å². The molecule has 0 aromatic heterocycles. The van der Waals surface area contributed by atoms with Gasteiger partial charge in [0.25, 0.3) is 0 Å². The van der Waals surface area contributed by atoms with Crippen LogP contribution in [0.5, 0.6) is 0 Å². The Kier molecular flexibility index (Phi) is 3.27. The number of hydrogen-bond donors (Lipinski definition) is 1. The third-order valence-electron chi connectivity index (χ3n) is 2.83. The molecule has 76 valence electrons. The zero-order chi connectivity index (χ0) is 9.90. The smallest absolute Gasteiger partial charge is 0.306 e. The van der Waals surface area contributed by atoms with E-state index in [4.69, 9.17) is 10.5 Å². The largest absolute Gasteiger partial charge is 0.469 e. The lowest BCUT2D eigenvalue weighted by Gasteiger charge is -2.45. The first-order valence-electron chi connectivity index (χ1n) is 4.45. The van der Waals surface area contributed by atoms with Crippen LogP contribution in [0, 0.1) is 5.41 Å². The minimum Gasteiger partial charge on any atom is -0.469 e. The molecule has 1 rings (SSSR count). The molecule has 1 aliphatic carbocycles. The van der Waals surface area contributed by atoms with Crippen molar-refractivity contribution in [2.24, 2.45) is 11.1 Å². The Morgan fingerprint density at radius 3 is 2.54 bits per heavy atom. The van der Waals surface area contributed by atoms with Crippen LogP contribution in [0.2, 0.25) is 0 Å². The number of rotatable bonds is 4. The van der Waals surface area contributed by atoms with E-state index in [1.165, 1.54) is 7.11 Å². The summed E-state index contributed by atoms with van der Waals surface area (Å²) in [4.78, 5) is 11.1. The van der Waals surface area contributed by atoms with Crippen LogP contribution in [0.4, 0.5) is 0 Å². The van der Waals surface area contributed by atoms with Gasteiger partial charge in [-0.3, -0.25) is 4.79 Å². The predicted molar refractivity (Wildman–Crippen MR) is 48.2 cm³/mol. The van der Waals surface area contributed by atoms with E-state index in [1.54, 1.807) is 7.11 Å². The highest BCUT2D eigenvalue weighted by molar-refractivity contribution is 5.70. The summed E-state index contributed by atoms with van der Waals surface area (Å²) in [6.07, 6.45) is 2.43. The molecular weight excluding hydrogens is 170 g/mol. The molecule has 1 aliphatic rings. The van der Waals surface area contributed by atoms with Gasteiger partial charge in [0, 0.05) is 7.11 Å². The zero-order valence-electron chi connectivity index (χ0n) is 8.21. The fourth-order valence-electron chi connectivity index (χ4n) is 1.83. The van der Waals surface area contributed by atoms with Crippen molar-refractivity contribution in [3.63, 3.8) is 0 Å². The van der Waals surface area contributed by atoms with Gasteiger partial charge in [0.1, 0.15) is 0 Å². The average Bonchev–Trinajstić information content (AvgIpc) is 2.10. The zero-order valence-corrected chi connectivity index (χ0v) is 8.21. The maximum absolute atomic E-state index is 11.1. The van der Waals surface area contributed by atoms with Crippen molar-refractivity contribution in [2.45, 2.75) is 25.4 Å². The molecule has 0 amide bonds. The molecule has 1 saturated carbocycles. The van der Waals surface area contributed by atoms with Crippen molar-refractivity contribution in [3.05, 3.63) is 0 Å². The normalized spacial score (nSPS) is 32.4. The van der Waals surface area contributed by atoms with E-state index in [0.29, 0.717) is 13.0 Å². The summed E-state index contributed by atoms with van der Waals surface area (Å²) in [5.74, 6) is -0.181. The summed E-state index contributed by atoms with van der Waals surface area (Å²) >= 11 is 0. The summed E-state index contributed by atoms with van der Waals surface area (Å²) in [5.41, 5.74) is 5.56. The van der Waals surface area contributed by atoms with Crippen molar-refractivity contribution in [2.75, 3.05) is 20.8 Å². The van der Waals surface area contributed by atoms with Crippen LogP contribution >= 0.6 is 0 Å². The molecule has 0 aromatic carbocycles. The fourth-order valence-corrected chi connectivity index (χ4v) is 1.83. The molecule has 0 heterocycles. The Morgan fingerprint density at radius 2 is 2.15 bits per heavy atom. The third kappa shape index (κ3) is 2.19. The van der Waals surface area contributed by atoms with Gasteiger partial charge in [0.2, 0.25) is 0 Å². The van der Waals surface area contributed by atoms with E-state index in [1.807, 2.05) is 0 Å². The minimum absolute atomic E-state index is 0.0617. The molecule has 0 radical (unpaired) electrons. The Bertz CT molecular complexity index is 187. The highest BCUT2D eigenvalue weighted by atomic mass is 16.5. The highest BCUT2D eigenvalue weighted by Crippen LogP contribution is 2.44. The van der Waals surface area contributed by atoms with Crippen LogP contribution in [-0.2, 0) is 14.3 Å². The molecule has 4 nitrogen and oxygen atoms in total. The Labute approximate surface area is 78.4 Å². The van der Waals surface area contributed by atoms with E-state index in [-0.39, 0.29) is 17.5 Å². The van der Waals surface area contributed by atoms with Gasteiger partial charge in [-0.1, -0.05) is 0 Å². The molecule has 2 N–H and O–H groups in total. The molecule has 0 unspecified atom stereocenters. The summed E-state index contributed by atoms with van der Waals surface area (Å²) in [5, 5.41) is 0. The first-order chi connectivity index (χ1) is 6.15. The lowest BCUT2D eigenvalue weighted by atomic mass is 9.65. The van der Waals surface area contributed by atoms with Crippen molar-refractivity contribution in [1.82, 2.24) is 0 Å².